The Bertz CT molecular complexity index is 916. The summed E-state index contributed by atoms with van der Waals surface area (Å²) in [4.78, 5) is 16.4. The Morgan fingerprint density at radius 3 is 3.04 bits per heavy atom. The molecule has 2 aliphatic heterocycles. The van der Waals surface area contributed by atoms with Gasteiger partial charge >= 0.3 is 5.97 Å². The number of methoxy groups -OCH3 is 1. The maximum atomic E-state index is 11.9. The fourth-order valence-corrected chi connectivity index (χ4v) is 3.97. The average Bonchev–Trinajstić information content (AvgIpc) is 3.02. The molecule has 25 heavy (non-hydrogen) atoms. The van der Waals surface area contributed by atoms with Gasteiger partial charge in [0.1, 0.15) is 17.5 Å². The number of hydrogen-bond donors (Lipinski definition) is 2. The SMILES string of the molecule is COC(=O)c1cccc(-c2c(C#N)c(N)nc3c2[C@@H]2CC[C@H](C3)N2)c1. The van der Waals surface area contributed by atoms with Crippen molar-refractivity contribution in [2.24, 2.45) is 0 Å². The van der Waals surface area contributed by atoms with Gasteiger partial charge in [0.25, 0.3) is 0 Å². The molecule has 1 fully saturated rings. The molecule has 126 valence electrons. The van der Waals surface area contributed by atoms with Crippen LogP contribution in [0.25, 0.3) is 11.1 Å². The molecular formula is C19H18N4O2. The first-order chi connectivity index (χ1) is 12.1. The highest BCUT2D eigenvalue weighted by atomic mass is 16.5. The van der Waals surface area contributed by atoms with Crippen LogP contribution in [0.3, 0.4) is 0 Å². The third-order valence-electron chi connectivity index (χ3n) is 5.05. The van der Waals surface area contributed by atoms with Gasteiger partial charge in [-0.25, -0.2) is 9.78 Å². The number of anilines is 1. The summed E-state index contributed by atoms with van der Waals surface area (Å²) < 4.78 is 4.82. The maximum absolute atomic E-state index is 11.9. The first kappa shape index (κ1) is 15.6. The van der Waals surface area contributed by atoms with E-state index < -0.39 is 5.97 Å². The molecule has 2 atom stereocenters. The Morgan fingerprint density at radius 2 is 2.28 bits per heavy atom. The van der Waals surface area contributed by atoms with Gasteiger partial charge in [0.15, 0.2) is 0 Å². The van der Waals surface area contributed by atoms with E-state index in [0.29, 0.717) is 17.2 Å². The minimum absolute atomic E-state index is 0.172. The number of benzene rings is 1. The van der Waals surface area contributed by atoms with Crippen molar-refractivity contribution < 1.29 is 9.53 Å². The Morgan fingerprint density at radius 1 is 1.44 bits per heavy atom. The van der Waals surface area contributed by atoms with Crippen molar-refractivity contribution in [1.82, 2.24) is 10.3 Å². The molecule has 0 amide bonds. The number of pyridine rings is 1. The highest BCUT2D eigenvalue weighted by molar-refractivity contribution is 5.92. The summed E-state index contributed by atoms with van der Waals surface area (Å²) in [5.41, 5.74) is 10.5. The second-order valence-corrected chi connectivity index (χ2v) is 6.49. The molecule has 1 aromatic heterocycles. The van der Waals surface area contributed by atoms with Crippen LogP contribution in [-0.4, -0.2) is 24.1 Å². The van der Waals surface area contributed by atoms with Crippen LogP contribution in [0.5, 0.6) is 0 Å². The molecule has 2 bridgehead atoms. The van der Waals surface area contributed by atoms with Crippen LogP contribution < -0.4 is 11.1 Å². The molecule has 3 N–H and O–H groups in total. The molecule has 1 aromatic carbocycles. The molecule has 6 heteroatoms. The van der Waals surface area contributed by atoms with Gasteiger partial charge in [0, 0.05) is 29.8 Å². The lowest BCUT2D eigenvalue weighted by Crippen LogP contribution is -2.33. The number of carbonyl (C=O) groups is 1. The van der Waals surface area contributed by atoms with E-state index in [-0.39, 0.29) is 11.9 Å². The number of fused-ring (bicyclic) bond motifs is 4. The average molecular weight is 334 g/mol. The minimum atomic E-state index is -0.407. The third-order valence-corrected chi connectivity index (χ3v) is 5.05. The summed E-state index contributed by atoms with van der Waals surface area (Å²) in [5.74, 6) is -0.156. The first-order valence-electron chi connectivity index (χ1n) is 8.29. The van der Waals surface area contributed by atoms with Crippen LogP contribution in [0.4, 0.5) is 5.82 Å². The van der Waals surface area contributed by atoms with E-state index in [4.69, 9.17) is 10.5 Å². The van der Waals surface area contributed by atoms with Gasteiger partial charge in [-0.15, -0.1) is 0 Å². The van der Waals surface area contributed by atoms with Crippen LogP contribution in [0.15, 0.2) is 24.3 Å². The van der Waals surface area contributed by atoms with Crippen molar-refractivity contribution in [2.75, 3.05) is 12.8 Å². The van der Waals surface area contributed by atoms with Crippen LogP contribution in [-0.2, 0) is 11.2 Å². The summed E-state index contributed by atoms with van der Waals surface area (Å²) in [6, 6.07) is 9.93. The van der Waals surface area contributed by atoms with Crippen LogP contribution >= 0.6 is 0 Å². The van der Waals surface area contributed by atoms with Crippen LogP contribution in [0, 0.1) is 11.3 Å². The second kappa shape index (κ2) is 5.87. The highest BCUT2D eigenvalue weighted by Gasteiger charge is 2.36. The number of nitrogens with zero attached hydrogens (tertiary/aromatic N) is 2. The van der Waals surface area contributed by atoms with E-state index in [1.54, 1.807) is 18.2 Å². The van der Waals surface area contributed by atoms with Crippen molar-refractivity contribution in [2.45, 2.75) is 31.3 Å². The predicted octanol–water partition coefficient (Wildman–Crippen LogP) is 2.34. The first-order valence-corrected chi connectivity index (χ1v) is 8.29. The van der Waals surface area contributed by atoms with Gasteiger partial charge in [-0.3, -0.25) is 0 Å². The quantitative estimate of drug-likeness (QED) is 0.818. The number of nitriles is 1. The van der Waals surface area contributed by atoms with E-state index >= 15 is 0 Å². The molecule has 0 aliphatic carbocycles. The van der Waals surface area contributed by atoms with Gasteiger partial charge in [-0.2, -0.15) is 5.26 Å². The fraction of sp³-hybridized carbons (Fsp3) is 0.316. The maximum Gasteiger partial charge on any atom is 0.337 e. The lowest BCUT2D eigenvalue weighted by molar-refractivity contribution is 0.0601. The summed E-state index contributed by atoms with van der Waals surface area (Å²) in [6.45, 7) is 0. The largest absolute Gasteiger partial charge is 0.465 e. The molecule has 6 nitrogen and oxygen atoms in total. The third kappa shape index (κ3) is 2.44. The second-order valence-electron chi connectivity index (χ2n) is 6.49. The zero-order valence-electron chi connectivity index (χ0n) is 13.9. The molecule has 0 radical (unpaired) electrons. The minimum Gasteiger partial charge on any atom is -0.465 e. The number of nitrogen functional groups attached to an aromatic ring is 1. The number of ether oxygens (including phenoxy) is 1. The van der Waals surface area contributed by atoms with Crippen LogP contribution in [0.1, 0.15) is 46.1 Å². The van der Waals surface area contributed by atoms with Gasteiger partial charge < -0.3 is 15.8 Å². The molecule has 0 spiro atoms. The Balaban J connectivity index is 1.97. The van der Waals surface area contributed by atoms with Crippen molar-refractivity contribution in [1.29, 1.82) is 5.26 Å². The molecule has 3 heterocycles. The van der Waals surface area contributed by atoms with Gasteiger partial charge in [-0.1, -0.05) is 12.1 Å². The molecule has 0 saturated carbocycles. The lowest BCUT2D eigenvalue weighted by Gasteiger charge is -2.27. The number of hydrogen-bond acceptors (Lipinski definition) is 6. The summed E-state index contributed by atoms with van der Waals surface area (Å²) in [5, 5.41) is 13.3. The van der Waals surface area contributed by atoms with Gasteiger partial charge in [0.05, 0.1) is 12.7 Å². The molecule has 2 aromatic rings. The Hall–Kier alpha value is -2.91. The zero-order chi connectivity index (χ0) is 17.6. The highest BCUT2D eigenvalue weighted by Crippen LogP contribution is 2.43. The monoisotopic (exact) mass is 334 g/mol. The summed E-state index contributed by atoms with van der Waals surface area (Å²) in [6.07, 6.45) is 2.91. The van der Waals surface area contributed by atoms with Crippen molar-refractivity contribution >= 4 is 11.8 Å². The number of rotatable bonds is 2. The predicted molar refractivity (Wildman–Crippen MR) is 92.7 cm³/mol. The van der Waals surface area contributed by atoms with E-state index in [2.05, 4.69) is 16.4 Å². The molecule has 0 unspecified atom stereocenters. The summed E-state index contributed by atoms with van der Waals surface area (Å²) >= 11 is 0. The lowest BCUT2D eigenvalue weighted by atomic mass is 9.87. The molecular weight excluding hydrogens is 316 g/mol. The fourth-order valence-electron chi connectivity index (χ4n) is 3.97. The molecule has 1 saturated heterocycles. The number of nitrogens with two attached hydrogens (primary N) is 1. The molecule has 2 aliphatic rings. The van der Waals surface area contributed by atoms with Crippen molar-refractivity contribution in [3.63, 3.8) is 0 Å². The smallest absolute Gasteiger partial charge is 0.337 e. The van der Waals surface area contributed by atoms with E-state index in [1.165, 1.54) is 7.11 Å². The normalized spacial score (nSPS) is 20.6. The van der Waals surface area contributed by atoms with Gasteiger partial charge in [0.2, 0.25) is 0 Å². The van der Waals surface area contributed by atoms with Gasteiger partial charge in [-0.05, 0) is 36.1 Å². The summed E-state index contributed by atoms with van der Waals surface area (Å²) in [7, 11) is 1.35. The number of aromatic nitrogens is 1. The van der Waals surface area contributed by atoms with E-state index in [9.17, 15) is 10.1 Å². The van der Waals surface area contributed by atoms with Crippen molar-refractivity contribution in [3.05, 3.63) is 46.6 Å². The standard InChI is InChI=1S/C19H18N4O2/c1-25-19(24)11-4-2-3-10(7-11)16-13(9-20)18(21)23-15-8-12-5-6-14(22-12)17(15)16/h2-4,7,12,14,22H,5-6,8H2,1H3,(H2,21,23)/t12-,14+/m1/s1. The zero-order valence-corrected chi connectivity index (χ0v) is 13.9. The van der Waals surface area contributed by atoms with Crippen LogP contribution in [0.2, 0.25) is 0 Å². The Labute approximate surface area is 145 Å². The number of esters is 1. The number of nitrogens with one attached hydrogen (secondary N) is 1. The topological polar surface area (TPSA) is 101 Å². The van der Waals surface area contributed by atoms with E-state index in [0.717, 1.165) is 41.6 Å². The van der Waals surface area contributed by atoms with E-state index in [1.807, 2.05) is 6.07 Å². The Kier molecular flexibility index (Phi) is 3.66. The molecule has 4 rings (SSSR count). The van der Waals surface area contributed by atoms with Crippen molar-refractivity contribution in [3.8, 4) is 17.2 Å². The number of carbonyl (C=O) groups excluding carboxylic acids is 1.